The number of Topliss-reactive ketones (excluding diaryl/α,β-unsaturated/α-hetero) is 1. The third kappa shape index (κ3) is 2.54. The van der Waals surface area contributed by atoms with Crippen LogP contribution in [0, 0.1) is 0 Å². The lowest BCUT2D eigenvalue weighted by atomic mass is 9.98. The number of methoxy groups -OCH3 is 3. The number of hydrogen-bond acceptors (Lipinski definition) is 7. The van der Waals surface area contributed by atoms with Crippen molar-refractivity contribution in [3.8, 4) is 0 Å². The molecule has 0 spiro atoms. The second-order valence-electron chi connectivity index (χ2n) is 4.35. The smallest absolute Gasteiger partial charge is 0.221 e. The first-order valence-corrected chi connectivity index (χ1v) is 6.22. The summed E-state index contributed by atoms with van der Waals surface area (Å²) in [7, 11) is 4.56. The van der Waals surface area contributed by atoms with Crippen LogP contribution in [0.1, 0.15) is 6.92 Å². The molecule has 2 heterocycles. The third-order valence-electron chi connectivity index (χ3n) is 3.38. The molecule has 0 aliphatic carbocycles. The topological polar surface area (TPSA) is 72.5 Å². The van der Waals surface area contributed by atoms with Gasteiger partial charge in [0.1, 0.15) is 18.3 Å². The van der Waals surface area contributed by atoms with E-state index in [1.807, 2.05) is 0 Å². The first kappa shape index (κ1) is 14.8. The molecule has 0 radical (unpaired) electrons. The number of ketones is 1. The SMILES string of the molecule is CCOC1O[C@@H]2C(O[C@H](OC)[C@@H](OC)C2OC)C1=O. The third-order valence-corrected chi connectivity index (χ3v) is 3.38. The summed E-state index contributed by atoms with van der Waals surface area (Å²) >= 11 is 0. The van der Waals surface area contributed by atoms with Crippen LogP contribution in [0.15, 0.2) is 0 Å². The highest BCUT2D eigenvalue weighted by atomic mass is 16.8. The van der Waals surface area contributed by atoms with Crippen molar-refractivity contribution in [2.24, 2.45) is 0 Å². The van der Waals surface area contributed by atoms with E-state index < -0.39 is 37.0 Å². The predicted octanol–water partition coefficient (Wildman–Crippen LogP) is -0.282. The number of ether oxygens (including phenoxy) is 6. The molecule has 2 aliphatic rings. The average Bonchev–Trinajstić information content (AvgIpc) is 2.74. The van der Waals surface area contributed by atoms with E-state index in [0.29, 0.717) is 6.61 Å². The second kappa shape index (κ2) is 6.25. The molecule has 3 unspecified atom stereocenters. The fourth-order valence-electron chi connectivity index (χ4n) is 2.51. The number of rotatable bonds is 5. The fraction of sp³-hybridized carbons (Fsp3) is 0.917. The average molecular weight is 276 g/mol. The molecule has 7 heteroatoms. The molecule has 0 aromatic heterocycles. The van der Waals surface area contributed by atoms with Crippen molar-refractivity contribution in [3.05, 3.63) is 0 Å². The molecule has 0 N–H and O–H groups in total. The first-order chi connectivity index (χ1) is 9.17. The first-order valence-electron chi connectivity index (χ1n) is 6.22. The van der Waals surface area contributed by atoms with E-state index in [9.17, 15) is 4.79 Å². The molecule has 6 atom stereocenters. The summed E-state index contributed by atoms with van der Waals surface area (Å²) in [6.07, 6.45) is -3.81. The Labute approximate surface area is 112 Å². The molecule has 19 heavy (non-hydrogen) atoms. The largest absolute Gasteiger partial charge is 0.376 e. The molecule has 7 nitrogen and oxygen atoms in total. The van der Waals surface area contributed by atoms with E-state index in [4.69, 9.17) is 28.4 Å². The maximum Gasteiger partial charge on any atom is 0.221 e. The van der Waals surface area contributed by atoms with E-state index in [-0.39, 0.29) is 5.78 Å². The summed E-state index contributed by atoms with van der Waals surface area (Å²) in [5.41, 5.74) is 0. The van der Waals surface area contributed by atoms with Crippen LogP contribution in [0.25, 0.3) is 0 Å². The Morgan fingerprint density at radius 2 is 1.74 bits per heavy atom. The second-order valence-corrected chi connectivity index (χ2v) is 4.35. The minimum Gasteiger partial charge on any atom is -0.376 e. The lowest BCUT2D eigenvalue weighted by molar-refractivity contribution is -0.291. The Kier molecular flexibility index (Phi) is 4.88. The van der Waals surface area contributed by atoms with Gasteiger partial charge in [0.05, 0.1) is 0 Å². The summed E-state index contributed by atoms with van der Waals surface area (Å²) in [6.45, 7) is 2.18. The lowest BCUT2D eigenvalue weighted by Gasteiger charge is -2.40. The molecule has 0 bridgehead atoms. The summed E-state index contributed by atoms with van der Waals surface area (Å²) in [5, 5.41) is 0. The van der Waals surface area contributed by atoms with E-state index in [1.54, 1.807) is 6.92 Å². The molecule has 110 valence electrons. The van der Waals surface area contributed by atoms with Crippen LogP contribution in [0.4, 0.5) is 0 Å². The molecule has 2 saturated heterocycles. The number of carbonyl (C=O) groups excluding carboxylic acids is 1. The van der Waals surface area contributed by atoms with E-state index in [1.165, 1.54) is 21.3 Å². The van der Waals surface area contributed by atoms with Crippen molar-refractivity contribution >= 4 is 5.78 Å². The molecule has 0 amide bonds. The lowest BCUT2D eigenvalue weighted by Crippen LogP contribution is -2.59. The van der Waals surface area contributed by atoms with Crippen molar-refractivity contribution in [1.29, 1.82) is 0 Å². The predicted molar refractivity (Wildman–Crippen MR) is 62.6 cm³/mol. The van der Waals surface area contributed by atoms with Crippen molar-refractivity contribution in [2.75, 3.05) is 27.9 Å². The van der Waals surface area contributed by atoms with Crippen LogP contribution in [0.3, 0.4) is 0 Å². The highest BCUT2D eigenvalue weighted by Crippen LogP contribution is 2.34. The van der Waals surface area contributed by atoms with E-state index in [2.05, 4.69) is 0 Å². The van der Waals surface area contributed by atoms with Gasteiger partial charge in [-0.05, 0) is 6.92 Å². The molecular weight excluding hydrogens is 256 g/mol. The Hall–Kier alpha value is -0.570. The van der Waals surface area contributed by atoms with E-state index in [0.717, 1.165) is 0 Å². The summed E-state index contributed by atoms with van der Waals surface area (Å²) in [4.78, 5) is 12.1. The van der Waals surface area contributed by atoms with Gasteiger partial charge in [0.2, 0.25) is 12.1 Å². The molecular formula is C12H20O7. The molecule has 2 rings (SSSR count). The van der Waals surface area contributed by atoms with Gasteiger partial charge in [0, 0.05) is 27.9 Å². The molecule has 2 aliphatic heterocycles. The minimum atomic E-state index is -0.911. The van der Waals surface area contributed by atoms with Gasteiger partial charge in [-0.1, -0.05) is 0 Å². The van der Waals surface area contributed by atoms with Gasteiger partial charge in [-0.15, -0.1) is 0 Å². The Balaban J connectivity index is 2.19. The molecule has 0 aromatic carbocycles. The molecule has 0 saturated carbocycles. The van der Waals surface area contributed by atoms with Gasteiger partial charge in [0.15, 0.2) is 12.4 Å². The Morgan fingerprint density at radius 1 is 1.05 bits per heavy atom. The summed E-state index contributed by atoms with van der Waals surface area (Å²) in [5.74, 6) is -0.245. The van der Waals surface area contributed by atoms with Crippen molar-refractivity contribution < 1.29 is 33.2 Å². The van der Waals surface area contributed by atoms with Crippen LogP contribution >= 0.6 is 0 Å². The molecule has 2 fully saturated rings. The highest BCUT2D eigenvalue weighted by molar-refractivity contribution is 5.89. The number of carbonyl (C=O) groups is 1. The van der Waals surface area contributed by atoms with Crippen LogP contribution in [0.2, 0.25) is 0 Å². The van der Waals surface area contributed by atoms with Crippen molar-refractivity contribution in [3.63, 3.8) is 0 Å². The zero-order valence-corrected chi connectivity index (χ0v) is 11.5. The zero-order valence-electron chi connectivity index (χ0n) is 11.5. The standard InChI is InChI=1S/C12H20O7/c1-5-17-11-6(13)7-9(19-11)8(14-2)10(15-3)12(16-4)18-7/h7-12H,5H2,1-4H3/t7?,8?,9-,10+,11?,12+/m1/s1. The van der Waals surface area contributed by atoms with Crippen molar-refractivity contribution in [2.45, 2.75) is 43.9 Å². The number of hydrogen-bond donors (Lipinski definition) is 0. The van der Waals surface area contributed by atoms with Crippen molar-refractivity contribution in [1.82, 2.24) is 0 Å². The van der Waals surface area contributed by atoms with E-state index >= 15 is 0 Å². The Bertz CT molecular complexity index is 321. The quantitative estimate of drug-likeness (QED) is 0.683. The van der Waals surface area contributed by atoms with Gasteiger partial charge in [-0.2, -0.15) is 0 Å². The maximum absolute atomic E-state index is 12.1. The van der Waals surface area contributed by atoms with Crippen LogP contribution < -0.4 is 0 Å². The molecule has 0 aromatic rings. The highest BCUT2D eigenvalue weighted by Gasteiger charge is 2.57. The van der Waals surface area contributed by atoms with Crippen LogP contribution in [-0.4, -0.2) is 70.7 Å². The van der Waals surface area contributed by atoms with Gasteiger partial charge in [-0.3, -0.25) is 4.79 Å². The van der Waals surface area contributed by atoms with Crippen LogP contribution in [-0.2, 0) is 33.2 Å². The normalized spacial score (nSPS) is 42.4. The van der Waals surface area contributed by atoms with Gasteiger partial charge in [-0.25, -0.2) is 0 Å². The van der Waals surface area contributed by atoms with Gasteiger partial charge >= 0.3 is 0 Å². The van der Waals surface area contributed by atoms with Gasteiger partial charge < -0.3 is 28.4 Å². The number of fused-ring (bicyclic) bond motifs is 1. The summed E-state index contributed by atoms with van der Waals surface area (Å²) < 4.78 is 32.4. The summed E-state index contributed by atoms with van der Waals surface area (Å²) in [6, 6.07) is 0. The van der Waals surface area contributed by atoms with Gasteiger partial charge in [0.25, 0.3) is 0 Å². The fourth-order valence-corrected chi connectivity index (χ4v) is 2.51. The monoisotopic (exact) mass is 276 g/mol. The Morgan fingerprint density at radius 3 is 2.26 bits per heavy atom. The maximum atomic E-state index is 12.1. The zero-order chi connectivity index (χ0) is 14.0. The minimum absolute atomic E-state index is 0.245. The van der Waals surface area contributed by atoms with Crippen LogP contribution in [0.5, 0.6) is 0 Å².